The Morgan fingerprint density at radius 2 is 2.05 bits per heavy atom. The molecule has 0 bridgehead atoms. The van der Waals surface area contributed by atoms with Crippen LogP contribution in [0.25, 0.3) is 0 Å². The lowest BCUT2D eigenvalue weighted by atomic mass is 9.94. The number of nitrogens with two attached hydrogens (primary N) is 1. The van der Waals surface area contributed by atoms with Gasteiger partial charge in [0.1, 0.15) is 11.5 Å². The molecule has 3 nitrogen and oxygen atoms in total. The molecule has 2 N–H and O–H groups in total. The maximum Gasteiger partial charge on any atom is 0.122 e. The fourth-order valence-corrected chi connectivity index (χ4v) is 3.61. The smallest absolute Gasteiger partial charge is 0.122 e. The molecule has 0 spiro atoms. The summed E-state index contributed by atoms with van der Waals surface area (Å²) >= 11 is 0. The van der Waals surface area contributed by atoms with Gasteiger partial charge in [-0.15, -0.1) is 0 Å². The zero-order valence-electron chi connectivity index (χ0n) is 13.0. The molecule has 1 saturated heterocycles. The van der Waals surface area contributed by atoms with Gasteiger partial charge in [-0.05, 0) is 49.8 Å². The van der Waals surface area contributed by atoms with E-state index in [0.29, 0.717) is 11.8 Å². The van der Waals surface area contributed by atoms with Crippen molar-refractivity contribution in [1.29, 1.82) is 0 Å². The average Bonchev–Trinajstić information content (AvgIpc) is 2.92. The first-order valence-electron chi connectivity index (χ1n) is 8.15. The predicted molar refractivity (Wildman–Crippen MR) is 81.6 cm³/mol. The first-order chi connectivity index (χ1) is 9.56. The molecule has 3 rings (SSSR count). The highest BCUT2D eigenvalue weighted by Crippen LogP contribution is 2.48. The van der Waals surface area contributed by atoms with Gasteiger partial charge in [0, 0.05) is 18.5 Å². The molecule has 0 amide bonds. The quantitative estimate of drug-likeness (QED) is 0.915. The van der Waals surface area contributed by atoms with Crippen molar-refractivity contribution in [3.8, 4) is 0 Å². The second-order valence-electron chi connectivity index (χ2n) is 7.20. The highest BCUT2D eigenvalue weighted by molar-refractivity contribution is 5.20. The van der Waals surface area contributed by atoms with Crippen LogP contribution in [0.3, 0.4) is 0 Å². The third kappa shape index (κ3) is 2.79. The van der Waals surface area contributed by atoms with Crippen LogP contribution < -0.4 is 5.73 Å². The van der Waals surface area contributed by atoms with Crippen LogP contribution in [0.5, 0.6) is 0 Å². The number of piperidine rings is 1. The summed E-state index contributed by atoms with van der Waals surface area (Å²) in [5, 5.41) is 0. The largest absolute Gasteiger partial charge is 0.464 e. The second kappa shape index (κ2) is 5.53. The molecule has 0 radical (unpaired) electrons. The van der Waals surface area contributed by atoms with E-state index in [0.717, 1.165) is 31.2 Å². The van der Waals surface area contributed by atoms with E-state index in [1.807, 2.05) is 0 Å². The number of rotatable bonds is 4. The molecule has 4 atom stereocenters. The number of likely N-dealkylation sites (tertiary alicyclic amines) is 1. The van der Waals surface area contributed by atoms with E-state index >= 15 is 0 Å². The summed E-state index contributed by atoms with van der Waals surface area (Å²) < 4.78 is 6.18. The summed E-state index contributed by atoms with van der Waals surface area (Å²) in [6.45, 7) is 9.10. The van der Waals surface area contributed by atoms with Crippen LogP contribution in [-0.2, 0) is 0 Å². The maximum atomic E-state index is 6.40. The lowest BCUT2D eigenvalue weighted by molar-refractivity contribution is 0.0967. The first-order valence-corrected chi connectivity index (χ1v) is 8.15. The van der Waals surface area contributed by atoms with Crippen LogP contribution in [0.15, 0.2) is 16.5 Å². The molecular weight excluding hydrogens is 248 g/mol. The van der Waals surface area contributed by atoms with Gasteiger partial charge in [-0.3, -0.25) is 4.90 Å². The summed E-state index contributed by atoms with van der Waals surface area (Å²) in [6, 6.07) is 4.83. The molecule has 20 heavy (non-hydrogen) atoms. The lowest BCUT2D eigenvalue weighted by Gasteiger charge is -2.39. The van der Waals surface area contributed by atoms with Crippen LogP contribution in [0, 0.1) is 11.8 Å². The fourth-order valence-electron chi connectivity index (χ4n) is 3.61. The highest BCUT2D eigenvalue weighted by Gasteiger charge is 2.38. The topological polar surface area (TPSA) is 42.4 Å². The molecule has 1 aliphatic carbocycles. The van der Waals surface area contributed by atoms with Gasteiger partial charge in [0.15, 0.2) is 0 Å². The Morgan fingerprint density at radius 1 is 1.35 bits per heavy atom. The van der Waals surface area contributed by atoms with Crippen LogP contribution >= 0.6 is 0 Å². The maximum absolute atomic E-state index is 6.40. The molecule has 1 aliphatic heterocycles. The van der Waals surface area contributed by atoms with Crippen molar-refractivity contribution in [3.63, 3.8) is 0 Å². The first kappa shape index (κ1) is 14.2. The Bertz CT molecular complexity index is 454. The highest BCUT2D eigenvalue weighted by atomic mass is 16.3. The van der Waals surface area contributed by atoms with Crippen LogP contribution in [0.2, 0.25) is 0 Å². The zero-order valence-corrected chi connectivity index (χ0v) is 13.0. The number of hydrogen-bond donors (Lipinski definition) is 1. The molecule has 1 aromatic rings. The Labute approximate surface area is 122 Å². The standard InChI is InChI=1S/C17H28N2O/c1-11(2)10-19-8-4-5-14(18)17(19)16-7-6-15(20-16)13-9-12(13)3/h6-7,11-14,17H,4-5,8-10,18H2,1-3H3. The second-order valence-corrected chi connectivity index (χ2v) is 7.20. The number of hydrogen-bond acceptors (Lipinski definition) is 3. The molecular formula is C17H28N2O. The van der Waals surface area contributed by atoms with Gasteiger partial charge in [-0.2, -0.15) is 0 Å². The van der Waals surface area contributed by atoms with E-state index < -0.39 is 0 Å². The van der Waals surface area contributed by atoms with Gasteiger partial charge in [-0.1, -0.05) is 20.8 Å². The van der Waals surface area contributed by atoms with Crippen molar-refractivity contribution in [2.75, 3.05) is 13.1 Å². The third-order valence-electron chi connectivity index (χ3n) is 4.80. The van der Waals surface area contributed by atoms with Crippen LogP contribution in [0.1, 0.15) is 63.5 Å². The number of furan rings is 1. The minimum Gasteiger partial charge on any atom is -0.464 e. The van der Waals surface area contributed by atoms with Crippen molar-refractivity contribution in [2.45, 2.75) is 58.0 Å². The molecule has 1 aromatic heterocycles. The third-order valence-corrected chi connectivity index (χ3v) is 4.80. The van der Waals surface area contributed by atoms with Crippen molar-refractivity contribution in [3.05, 3.63) is 23.7 Å². The van der Waals surface area contributed by atoms with Crippen molar-refractivity contribution in [2.24, 2.45) is 17.6 Å². The Hall–Kier alpha value is -0.800. The van der Waals surface area contributed by atoms with Gasteiger partial charge in [0.2, 0.25) is 0 Å². The predicted octanol–water partition coefficient (Wildman–Crippen LogP) is 3.52. The monoisotopic (exact) mass is 276 g/mol. The van der Waals surface area contributed by atoms with Crippen molar-refractivity contribution < 1.29 is 4.42 Å². The molecule has 4 unspecified atom stereocenters. The van der Waals surface area contributed by atoms with Gasteiger partial charge < -0.3 is 10.2 Å². The van der Waals surface area contributed by atoms with Crippen LogP contribution in [0.4, 0.5) is 0 Å². The van der Waals surface area contributed by atoms with E-state index in [-0.39, 0.29) is 12.1 Å². The minimum atomic E-state index is 0.207. The summed E-state index contributed by atoms with van der Waals surface area (Å²) in [7, 11) is 0. The van der Waals surface area contributed by atoms with E-state index in [1.54, 1.807) is 0 Å². The van der Waals surface area contributed by atoms with Crippen molar-refractivity contribution >= 4 is 0 Å². The summed E-state index contributed by atoms with van der Waals surface area (Å²) in [5.74, 6) is 4.38. The van der Waals surface area contributed by atoms with E-state index in [4.69, 9.17) is 10.2 Å². The van der Waals surface area contributed by atoms with E-state index in [1.165, 1.54) is 18.6 Å². The normalized spacial score (nSPS) is 34.6. The SMILES string of the molecule is CC(C)CN1CCCC(N)C1c1ccc(C2CC2C)o1. The van der Waals surface area contributed by atoms with Crippen LogP contribution in [-0.4, -0.2) is 24.0 Å². The fraction of sp³-hybridized carbons (Fsp3) is 0.765. The van der Waals surface area contributed by atoms with Gasteiger partial charge in [0.25, 0.3) is 0 Å². The van der Waals surface area contributed by atoms with E-state index in [2.05, 4.69) is 37.8 Å². The summed E-state index contributed by atoms with van der Waals surface area (Å²) in [4.78, 5) is 2.53. The molecule has 2 fully saturated rings. The summed E-state index contributed by atoms with van der Waals surface area (Å²) in [5.41, 5.74) is 6.40. The minimum absolute atomic E-state index is 0.207. The van der Waals surface area contributed by atoms with Crippen molar-refractivity contribution in [1.82, 2.24) is 4.90 Å². The Morgan fingerprint density at radius 3 is 2.70 bits per heavy atom. The molecule has 1 saturated carbocycles. The molecule has 3 heteroatoms. The van der Waals surface area contributed by atoms with Gasteiger partial charge >= 0.3 is 0 Å². The Kier molecular flexibility index (Phi) is 3.91. The summed E-state index contributed by atoms with van der Waals surface area (Å²) in [6.07, 6.45) is 3.59. The zero-order chi connectivity index (χ0) is 14.3. The molecule has 0 aromatic carbocycles. The average molecular weight is 276 g/mol. The van der Waals surface area contributed by atoms with Gasteiger partial charge in [0.05, 0.1) is 6.04 Å². The lowest BCUT2D eigenvalue weighted by Crippen LogP contribution is -2.46. The Balaban J connectivity index is 1.78. The number of nitrogens with zero attached hydrogens (tertiary/aromatic N) is 1. The van der Waals surface area contributed by atoms with Gasteiger partial charge in [-0.25, -0.2) is 0 Å². The molecule has 2 aliphatic rings. The molecule has 2 heterocycles. The van der Waals surface area contributed by atoms with E-state index in [9.17, 15) is 0 Å². The molecule has 112 valence electrons.